The fourth-order valence-electron chi connectivity index (χ4n) is 4.02. The normalized spacial score (nSPS) is 18.5. The quantitative estimate of drug-likeness (QED) is 0.340. The van der Waals surface area contributed by atoms with Crippen molar-refractivity contribution in [2.75, 3.05) is 25.5 Å². The number of halogens is 1. The zero-order chi connectivity index (χ0) is 23.7. The van der Waals surface area contributed by atoms with Crippen molar-refractivity contribution in [2.45, 2.75) is 18.9 Å². The average molecular weight is 462 g/mol. The number of rotatable bonds is 5. The molecule has 34 heavy (non-hydrogen) atoms. The maximum absolute atomic E-state index is 13.3. The van der Waals surface area contributed by atoms with Crippen LogP contribution < -0.4 is 5.32 Å². The molecule has 4 heterocycles. The number of piperidine rings is 1. The van der Waals surface area contributed by atoms with Gasteiger partial charge in [-0.1, -0.05) is 0 Å². The Labute approximate surface area is 195 Å². The number of nitrogens with one attached hydrogen (secondary N) is 2. The van der Waals surface area contributed by atoms with Crippen molar-refractivity contribution in [1.29, 1.82) is 0 Å². The topological polar surface area (TPSA) is 96.6 Å². The minimum atomic E-state index is -0.742. The maximum atomic E-state index is 13.3. The van der Waals surface area contributed by atoms with Gasteiger partial charge >= 0.3 is 5.97 Å². The van der Waals surface area contributed by atoms with Crippen LogP contribution in [0.2, 0.25) is 0 Å². The number of carbonyl (C=O) groups excluding carboxylic acids is 2. The first-order chi connectivity index (χ1) is 16.5. The molecule has 2 aromatic heterocycles. The predicted molar refractivity (Wildman–Crippen MR) is 124 cm³/mol. The van der Waals surface area contributed by atoms with Gasteiger partial charge in [0.15, 0.2) is 11.3 Å². The number of esters is 1. The summed E-state index contributed by atoms with van der Waals surface area (Å²) in [6.07, 6.45) is 6.04. The standard InChI is InChI=1S/C25H23FN4O4/c1-30-11-8-18(9-12-30)33-25(32)21-22(31)20(13-15-14-28-23-19(15)3-2-10-27-23)34-24(21)29-17-6-4-16(26)5-7-17/h2-7,10,13-14,18,29H,8-9,11-12H2,1H3,(H,27,28)/b20-13-. The van der Waals surface area contributed by atoms with Gasteiger partial charge in [0.05, 0.1) is 0 Å². The Hall–Kier alpha value is -3.98. The zero-order valence-electron chi connectivity index (χ0n) is 18.5. The molecule has 5 rings (SSSR count). The van der Waals surface area contributed by atoms with Crippen LogP contribution in [0, 0.1) is 5.82 Å². The van der Waals surface area contributed by atoms with Crippen LogP contribution in [0.15, 0.2) is 66.0 Å². The molecule has 1 aromatic carbocycles. The first-order valence-electron chi connectivity index (χ1n) is 11.0. The van der Waals surface area contributed by atoms with Gasteiger partial charge in [-0.05, 0) is 62.4 Å². The summed E-state index contributed by atoms with van der Waals surface area (Å²) in [6, 6.07) is 9.18. The second kappa shape index (κ2) is 9.11. The highest BCUT2D eigenvalue weighted by atomic mass is 19.1. The summed E-state index contributed by atoms with van der Waals surface area (Å²) >= 11 is 0. The molecule has 0 aliphatic carbocycles. The largest absolute Gasteiger partial charge is 0.458 e. The second-order valence-corrected chi connectivity index (χ2v) is 8.33. The monoisotopic (exact) mass is 462 g/mol. The Morgan fingerprint density at radius 3 is 2.79 bits per heavy atom. The van der Waals surface area contributed by atoms with Crippen LogP contribution in [-0.2, 0) is 19.1 Å². The summed E-state index contributed by atoms with van der Waals surface area (Å²) in [6.45, 7) is 1.61. The molecule has 0 bridgehead atoms. The number of fused-ring (bicyclic) bond motifs is 1. The number of allylic oxidation sites excluding steroid dienone is 1. The summed E-state index contributed by atoms with van der Waals surface area (Å²) in [5, 5.41) is 3.73. The molecule has 1 fully saturated rings. The van der Waals surface area contributed by atoms with Crippen LogP contribution in [0.1, 0.15) is 18.4 Å². The zero-order valence-corrected chi connectivity index (χ0v) is 18.5. The molecule has 2 aliphatic heterocycles. The average Bonchev–Trinajstić information content (AvgIpc) is 3.38. The number of H-pyrrole nitrogens is 1. The fraction of sp³-hybridized carbons (Fsp3) is 0.240. The lowest BCUT2D eigenvalue weighted by atomic mass is 10.1. The highest BCUT2D eigenvalue weighted by Crippen LogP contribution is 2.31. The molecule has 0 amide bonds. The summed E-state index contributed by atoms with van der Waals surface area (Å²) in [5.41, 5.74) is 1.61. The van der Waals surface area contributed by atoms with Crippen molar-refractivity contribution >= 4 is 34.5 Å². The molecule has 2 aliphatic rings. The Morgan fingerprint density at radius 2 is 2.03 bits per heavy atom. The van der Waals surface area contributed by atoms with Gasteiger partial charge in [0.2, 0.25) is 11.7 Å². The van der Waals surface area contributed by atoms with E-state index in [1.807, 2.05) is 13.1 Å². The third-order valence-electron chi connectivity index (χ3n) is 5.91. The summed E-state index contributed by atoms with van der Waals surface area (Å²) in [5.74, 6) is -1.80. The van der Waals surface area contributed by atoms with E-state index in [-0.39, 0.29) is 23.3 Å². The molecule has 0 saturated carbocycles. The molecule has 0 radical (unpaired) electrons. The number of aromatic amines is 1. The van der Waals surface area contributed by atoms with Crippen molar-refractivity contribution in [3.05, 3.63) is 77.4 Å². The summed E-state index contributed by atoms with van der Waals surface area (Å²) in [7, 11) is 2.01. The lowest BCUT2D eigenvalue weighted by Gasteiger charge is -2.28. The van der Waals surface area contributed by atoms with Gasteiger partial charge in [0.25, 0.3) is 0 Å². The van der Waals surface area contributed by atoms with Crippen molar-refractivity contribution in [2.24, 2.45) is 0 Å². The number of benzene rings is 1. The molecule has 8 nitrogen and oxygen atoms in total. The van der Waals surface area contributed by atoms with Crippen molar-refractivity contribution in [3.63, 3.8) is 0 Å². The second-order valence-electron chi connectivity index (χ2n) is 8.33. The fourth-order valence-corrected chi connectivity index (χ4v) is 4.02. The number of hydrogen-bond donors (Lipinski definition) is 2. The van der Waals surface area contributed by atoms with E-state index >= 15 is 0 Å². The molecule has 3 aromatic rings. The van der Waals surface area contributed by atoms with Gasteiger partial charge in [0.1, 0.15) is 17.6 Å². The van der Waals surface area contributed by atoms with E-state index in [1.54, 1.807) is 24.5 Å². The molecular formula is C25H23FN4O4. The van der Waals surface area contributed by atoms with E-state index in [0.29, 0.717) is 29.7 Å². The Bertz CT molecular complexity index is 1300. The van der Waals surface area contributed by atoms with E-state index < -0.39 is 17.6 Å². The third kappa shape index (κ3) is 4.42. The summed E-state index contributed by atoms with van der Waals surface area (Å²) < 4.78 is 24.8. The molecule has 0 atom stereocenters. The van der Waals surface area contributed by atoms with E-state index in [4.69, 9.17) is 9.47 Å². The van der Waals surface area contributed by atoms with Crippen LogP contribution in [0.25, 0.3) is 17.1 Å². The van der Waals surface area contributed by atoms with Crippen LogP contribution in [0.5, 0.6) is 0 Å². The lowest BCUT2D eigenvalue weighted by Crippen LogP contribution is -2.36. The molecule has 0 unspecified atom stereocenters. The lowest BCUT2D eigenvalue weighted by molar-refractivity contribution is -0.147. The Morgan fingerprint density at radius 1 is 1.26 bits per heavy atom. The highest BCUT2D eigenvalue weighted by Gasteiger charge is 2.38. The third-order valence-corrected chi connectivity index (χ3v) is 5.91. The molecular weight excluding hydrogens is 439 g/mol. The number of Topliss-reactive ketones (excluding diaryl/α,β-unsaturated/α-hetero) is 1. The SMILES string of the molecule is CN1CCC(OC(=O)C2=C(Nc3ccc(F)cc3)O/C(=C\c3c[nH]c4ncccc34)C2=O)CC1. The number of nitrogens with zero attached hydrogens (tertiary/aromatic N) is 2. The number of ether oxygens (including phenoxy) is 2. The minimum Gasteiger partial charge on any atom is -0.458 e. The van der Waals surface area contributed by atoms with Gasteiger partial charge < -0.3 is 24.7 Å². The van der Waals surface area contributed by atoms with Crippen LogP contribution in [0.3, 0.4) is 0 Å². The number of anilines is 1. The van der Waals surface area contributed by atoms with Crippen LogP contribution >= 0.6 is 0 Å². The molecule has 2 N–H and O–H groups in total. The molecule has 174 valence electrons. The highest BCUT2D eigenvalue weighted by molar-refractivity contribution is 6.26. The predicted octanol–water partition coefficient (Wildman–Crippen LogP) is 3.60. The van der Waals surface area contributed by atoms with Gasteiger partial charge in [-0.3, -0.25) is 4.79 Å². The van der Waals surface area contributed by atoms with E-state index in [2.05, 4.69) is 20.2 Å². The Kier molecular flexibility index (Phi) is 5.85. The number of aromatic nitrogens is 2. The maximum Gasteiger partial charge on any atom is 0.348 e. The first kappa shape index (κ1) is 21.8. The number of likely N-dealkylation sites (tertiary alicyclic amines) is 1. The van der Waals surface area contributed by atoms with Crippen LogP contribution in [0.4, 0.5) is 10.1 Å². The van der Waals surface area contributed by atoms with Crippen molar-refractivity contribution in [1.82, 2.24) is 14.9 Å². The van der Waals surface area contributed by atoms with Gasteiger partial charge in [-0.15, -0.1) is 0 Å². The van der Waals surface area contributed by atoms with Gasteiger partial charge in [-0.25, -0.2) is 14.2 Å². The van der Waals surface area contributed by atoms with Crippen LogP contribution in [-0.4, -0.2) is 52.9 Å². The first-order valence-corrected chi connectivity index (χ1v) is 11.0. The van der Waals surface area contributed by atoms with Crippen molar-refractivity contribution in [3.8, 4) is 0 Å². The number of pyridine rings is 1. The summed E-state index contributed by atoms with van der Waals surface area (Å²) in [4.78, 5) is 35.8. The van der Waals surface area contributed by atoms with E-state index in [0.717, 1.165) is 18.5 Å². The smallest absolute Gasteiger partial charge is 0.348 e. The minimum absolute atomic E-state index is 0.0234. The molecule has 1 saturated heterocycles. The van der Waals surface area contributed by atoms with Crippen molar-refractivity contribution < 1.29 is 23.5 Å². The number of hydrogen-bond acceptors (Lipinski definition) is 7. The number of carbonyl (C=O) groups is 2. The Balaban J connectivity index is 1.45. The molecule has 9 heteroatoms. The van der Waals surface area contributed by atoms with E-state index in [1.165, 1.54) is 24.3 Å². The van der Waals surface area contributed by atoms with Gasteiger partial charge in [0, 0.05) is 42.1 Å². The van der Waals surface area contributed by atoms with Gasteiger partial charge in [-0.2, -0.15) is 0 Å². The molecule has 0 spiro atoms. The number of ketones is 1. The van der Waals surface area contributed by atoms with E-state index in [9.17, 15) is 14.0 Å².